The number of nitrogens with two attached hydrogens (primary N) is 1. The highest BCUT2D eigenvalue weighted by Crippen LogP contribution is 2.16. The molecule has 1 aliphatic rings. The summed E-state index contributed by atoms with van der Waals surface area (Å²) in [6, 6.07) is 8.27. The summed E-state index contributed by atoms with van der Waals surface area (Å²) >= 11 is 3.40. The van der Waals surface area contributed by atoms with Gasteiger partial charge in [-0.25, -0.2) is 0 Å². The summed E-state index contributed by atoms with van der Waals surface area (Å²) in [7, 11) is 0. The maximum Gasteiger partial charge on any atom is 0.119 e. The van der Waals surface area contributed by atoms with Crippen LogP contribution in [-0.2, 0) is 0 Å². The molecule has 0 amide bonds. The Labute approximate surface area is 105 Å². The lowest BCUT2D eigenvalue weighted by molar-refractivity contribution is 0.236. The summed E-state index contributed by atoms with van der Waals surface area (Å²) in [5.74, 6) is 0.923. The van der Waals surface area contributed by atoms with Crippen molar-refractivity contribution in [1.29, 1.82) is 0 Å². The van der Waals surface area contributed by atoms with E-state index in [1.165, 1.54) is 0 Å². The minimum Gasteiger partial charge on any atom is -0.492 e. The van der Waals surface area contributed by atoms with Crippen LogP contribution in [0.4, 0.5) is 0 Å². The van der Waals surface area contributed by atoms with Crippen molar-refractivity contribution >= 4 is 15.9 Å². The van der Waals surface area contributed by atoms with E-state index in [9.17, 15) is 0 Å². The maximum absolute atomic E-state index is 5.84. The molecule has 0 unspecified atom stereocenters. The number of benzene rings is 1. The summed E-state index contributed by atoms with van der Waals surface area (Å²) in [5.41, 5.74) is 5.84. The summed E-state index contributed by atoms with van der Waals surface area (Å²) in [4.78, 5) is 2.35. The van der Waals surface area contributed by atoms with Crippen molar-refractivity contribution in [2.75, 3.05) is 26.2 Å². The highest BCUT2D eigenvalue weighted by molar-refractivity contribution is 9.10. The minimum absolute atomic E-state index is 0.354. The fourth-order valence-corrected chi connectivity index (χ4v) is 2.15. The Morgan fingerprint density at radius 1 is 1.38 bits per heavy atom. The molecule has 0 bridgehead atoms. The molecule has 16 heavy (non-hydrogen) atoms. The van der Waals surface area contributed by atoms with E-state index in [1.807, 2.05) is 24.3 Å². The van der Waals surface area contributed by atoms with Crippen LogP contribution in [0.1, 0.15) is 6.42 Å². The predicted octanol–water partition coefficient (Wildman–Crippen LogP) is 1.86. The normalized spacial score (nSPS) is 21.2. The van der Waals surface area contributed by atoms with Crippen LogP contribution in [0.2, 0.25) is 0 Å². The first-order valence-corrected chi connectivity index (χ1v) is 6.39. The summed E-state index contributed by atoms with van der Waals surface area (Å²) in [6.45, 7) is 3.80. The summed E-state index contributed by atoms with van der Waals surface area (Å²) in [6.07, 6.45) is 1.11. The molecular weight excluding hydrogens is 268 g/mol. The van der Waals surface area contributed by atoms with E-state index < -0.39 is 0 Å². The van der Waals surface area contributed by atoms with Crippen LogP contribution in [0.5, 0.6) is 5.75 Å². The molecule has 1 heterocycles. The Kier molecular flexibility index (Phi) is 4.21. The third-order valence-corrected chi connectivity index (χ3v) is 3.33. The lowest BCUT2D eigenvalue weighted by atomic mass is 10.3. The molecule has 0 aromatic heterocycles. The molecule has 1 aromatic carbocycles. The van der Waals surface area contributed by atoms with Gasteiger partial charge in [0.2, 0.25) is 0 Å². The van der Waals surface area contributed by atoms with Crippen molar-refractivity contribution in [1.82, 2.24) is 4.90 Å². The van der Waals surface area contributed by atoms with Gasteiger partial charge in [-0.1, -0.05) is 15.9 Å². The van der Waals surface area contributed by atoms with Crippen LogP contribution in [0.25, 0.3) is 0 Å². The molecule has 0 radical (unpaired) electrons. The van der Waals surface area contributed by atoms with Gasteiger partial charge in [-0.05, 0) is 37.2 Å². The Morgan fingerprint density at radius 2 is 2.12 bits per heavy atom. The van der Waals surface area contributed by atoms with Gasteiger partial charge < -0.3 is 10.5 Å². The average Bonchev–Trinajstić information content (AvgIpc) is 2.67. The highest BCUT2D eigenvalue weighted by Gasteiger charge is 2.18. The second-order valence-electron chi connectivity index (χ2n) is 4.15. The van der Waals surface area contributed by atoms with Gasteiger partial charge in [0, 0.05) is 23.6 Å². The van der Waals surface area contributed by atoms with E-state index in [0.717, 1.165) is 42.9 Å². The van der Waals surface area contributed by atoms with Crippen molar-refractivity contribution < 1.29 is 4.74 Å². The number of hydrogen-bond donors (Lipinski definition) is 1. The molecule has 2 N–H and O–H groups in total. The van der Waals surface area contributed by atoms with Crippen molar-refractivity contribution in [3.8, 4) is 5.75 Å². The Balaban J connectivity index is 1.70. The molecule has 88 valence electrons. The van der Waals surface area contributed by atoms with Gasteiger partial charge in [0.05, 0.1) is 0 Å². The number of halogens is 1. The zero-order valence-electron chi connectivity index (χ0n) is 9.23. The highest BCUT2D eigenvalue weighted by atomic mass is 79.9. The van der Waals surface area contributed by atoms with E-state index in [-0.39, 0.29) is 0 Å². The van der Waals surface area contributed by atoms with Crippen LogP contribution < -0.4 is 10.5 Å². The fourth-order valence-electron chi connectivity index (χ4n) is 1.89. The van der Waals surface area contributed by atoms with Gasteiger partial charge in [-0.2, -0.15) is 0 Å². The summed E-state index contributed by atoms with van der Waals surface area (Å²) in [5, 5.41) is 0. The van der Waals surface area contributed by atoms with Gasteiger partial charge in [0.15, 0.2) is 0 Å². The second kappa shape index (κ2) is 5.66. The molecule has 1 aromatic rings. The van der Waals surface area contributed by atoms with Crippen LogP contribution in [-0.4, -0.2) is 37.2 Å². The number of rotatable bonds is 4. The minimum atomic E-state index is 0.354. The number of hydrogen-bond acceptors (Lipinski definition) is 3. The van der Waals surface area contributed by atoms with E-state index >= 15 is 0 Å². The third kappa shape index (κ3) is 3.47. The number of ether oxygens (including phenoxy) is 1. The standard InChI is InChI=1S/C12H17BrN2O/c13-10-1-3-12(4-2-10)16-8-7-15-6-5-11(14)9-15/h1-4,11H,5-9,14H2/t11-/m1/s1. The molecule has 1 saturated heterocycles. The number of nitrogens with zero attached hydrogens (tertiary/aromatic N) is 1. The quantitative estimate of drug-likeness (QED) is 0.917. The Morgan fingerprint density at radius 3 is 2.75 bits per heavy atom. The van der Waals surface area contributed by atoms with Gasteiger partial charge in [0.1, 0.15) is 12.4 Å². The molecule has 2 rings (SSSR count). The Hall–Kier alpha value is -0.580. The van der Waals surface area contributed by atoms with Crippen molar-refractivity contribution in [2.45, 2.75) is 12.5 Å². The SMILES string of the molecule is N[C@@H]1CCN(CCOc2ccc(Br)cc2)C1. The predicted molar refractivity (Wildman–Crippen MR) is 68.7 cm³/mol. The lowest BCUT2D eigenvalue weighted by Crippen LogP contribution is -2.29. The Bertz CT molecular complexity index is 328. The molecular formula is C12H17BrN2O. The summed E-state index contributed by atoms with van der Waals surface area (Å²) < 4.78 is 6.73. The average molecular weight is 285 g/mol. The first-order valence-electron chi connectivity index (χ1n) is 5.60. The molecule has 3 nitrogen and oxygen atoms in total. The van der Waals surface area contributed by atoms with E-state index in [0.29, 0.717) is 6.04 Å². The van der Waals surface area contributed by atoms with Gasteiger partial charge in [-0.3, -0.25) is 4.90 Å². The van der Waals surface area contributed by atoms with E-state index in [2.05, 4.69) is 20.8 Å². The topological polar surface area (TPSA) is 38.5 Å². The largest absolute Gasteiger partial charge is 0.492 e. The van der Waals surface area contributed by atoms with Crippen LogP contribution in [0, 0.1) is 0 Å². The van der Waals surface area contributed by atoms with Crippen molar-refractivity contribution in [2.24, 2.45) is 5.73 Å². The number of likely N-dealkylation sites (tertiary alicyclic amines) is 1. The van der Waals surface area contributed by atoms with Crippen molar-refractivity contribution in [3.63, 3.8) is 0 Å². The molecule has 4 heteroatoms. The molecule has 1 fully saturated rings. The van der Waals surface area contributed by atoms with Gasteiger partial charge >= 0.3 is 0 Å². The molecule has 1 aliphatic heterocycles. The second-order valence-corrected chi connectivity index (χ2v) is 5.07. The first-order chi connectivity index (χ1) is 7.74. The van der Waals surface area contributed by atoms with Crippen molar-refractivity contribution in [3.05, 3.63) is 28.7 Å². The smallest absolute Gasteiger partial charge is 0.119 e. The van der Waals surface area contributed by atoms with Gasteiger partial charge in [0.25, 0.3) is 0 Å². The zero-order chi connectivity index (χ0) is 11.4. The van der Waals surface area contributed by atoms with Crippen LogP contribution in [0.3, 0.4) is 0 Å². The monoisotopic (exact) mass is 284 g/mol. The zero-order valence-corrected chi connectivity index (χ0v) is 10.8. The van der Waals surface area contributed by atoms with Crippen LogP contribution >= 0.6 is 15.9 Å². The third-order valence-electron chi connectivity index (χ3n) is 2.80. The molecule has 0 spiro atoms. The molecule has 1 atom stereocenters. The maximum atomic E-state index is 5.84. The fraction of sp³-hybridized carbons (Fsp3) is 0.500. The van der Waals surface area contributed by atoms with E-state index in [1.54, 1.807) is 0 Å². The molecule has 0 saturated carbocycles. The van der Waals surface area contributed by atoms with E-state index in [4.69, 9.17) is 10.5 Å². The molecule has 0 aliphatic carbocycles. The van der Waals surface area contributed by atoms with Crippen LogP contribution in [0.15, 0.2) is 28.7 Å². The first kappa shape index (κ1) is 11.9. The lowest BCUT2D eigenvalue weighted by Gasteiger charge is -2.15. The van der Waals surface area contributed by atoms with Gasteiger partial charge in [-0.15, -0.1) is 0 Å².